The molecule has 1 aliphatic carbocycles. The summed E-state index contributed by atoms with van der Waals surface area (Å²) in [6, 6.07) is 12.9. The minimum Gasteiger partial charge on any atom is -0.392 e. The summed E-state index contributed by atoms with van der Waals surface area (Å²) in [6.07, 6.45) is 1.96. The van der Waals surface area contributed by atoms with Crippen molar-refractivity contribution in [1.29, 1.82) is 0 Å². The van der Waals surface area contributed by atoms with Crippen molar-refractivity contribution in [3.05, 3.63) is 68.7 Å². The molecule has 1 amide bonds. The first-order valence-corrected chi connectivity index (χ1v) is 17.3. The summed E-state index contributed by atoms with van der Waals surface area (Å²) in [7, 11) is 3.88. The predicted molar refractivity (Wildman–Crippen MR) is 179 cm³/mol. The molecule has 1 N–H and O–H groups in total. The third kappa shape index (κ3) is 5.90. The van der Waals surface area contributed by atoms with Crippen LogP contribution in [0.15, 0.2) is 36.4 Å². The van der Waals surface area contributed by atoms with E-state index in [0.29, 0.717) is 38.5 Å². The highest BCUT2D eigenvalue weighted by atomic mass is 32.1. The quantitative estimate of drug-likeness (QED) is 0.291. The standard InChI is InChI=1S/C35H39N5O3S2/c1-20-24(7-5-9-26(20)34-36-28-13-22(14-31(28)44-34)30(42)17-38(3)4)25-8-6-10-27(21(25)2)35-37-29-16-40(18-32(29)45-35)33(43)19-39-12-11-23(41)15-39/h5-10,22-23,41H,11-19H2,1-4H3/t22?,23-/m1/s1. The zero-order valence-corrected chi connectivity index (χ0v) is 27.9. The van der Waals surface area contributed by atoms with Gasteiger partial charge >= 0.3 is 0 Å². The van der Waals surface area contributed by atoms with Crippen molar-refractivity contribution in [1.82, 2.24) is 24.7 Å². The van der Waals surface area contributed by atoms with Gasteiger partial charge in [-0.3, -0.25) is 14.5 Å². The maximum atomic E-state index is 12.9. The molecular formula is C35H39N5O3S2. The van der Waals surface area contributed by atoms with Crippen molar-refractivity contribution in [2.24, 2.45) is 5.92 Å². The van der Waals surface area contributed by atoms with Gasteiger partial charge in [-0.05, 0) is 63.0 Å². The Morgan fingerprint density at radius 1 is 0.889 bits per heavy atom. The lowest BCUT2D eigenvalue weighted by Gasteiger charge is -2.20. The van der Waals surface area contributed by atoms with Crippen LogP contribution in [-0.4, -0.2) is 87.8 Å². The van der Waals surface area contributed by atoms with Crippen molar-refractivity contribution >= 4 is 34.4 Å². The molecule has 45 heavy (non-hydrogen) atoms. The van der Waals surface area contributed by atoms with Gasteiger partial charge in [0.1, 0.15) is 10.0 Å². The van der Waals surface area contributed by atoms with Crippen LogP contribution in [0.3, 0.4) is 0 Å². The average molecular weight is 642 g/mol. The number of Topliss-reactive ketones (excluding diaryl/α,β-unsaturated/α-hetero) is 1. The van der Waals surface area contributed by atoms with E-state index < -0.39 is 0 Å². The molecular weight excluding hydrogens is 603 g/mol. The first kappa shape index (κ1) is 30.4. The van der Waals surface area contributed by atoms with Crippen LogP contribution in [0, 0.1) is 19.8 Å². The molecule has 8 nitrogen and oxygen atoms in total. The topological polar surface area (TPSA) is 89.9 Å². The number of hydrogen-bond donors (Lipinski definition) is 1. The number of nitrogens with zero attached hydrogens (tertiary/aromatic N) is 5. The number of fused-ring (bicyclic) bond motifs is 2. The fourth-order valence-corrected chi connectivity index (χ4v) is 9.33. The molecule has 4 aromatic rings. The number of carbonyl (C=O) groups excluding carboxylic acids is 2. The second kappa shape index (κ2) is 12.1. The Morgan fingerprint density at radius 2 is 1.51 bits per heavy atom. The molecule has 0 radical (unpaired) electrons. The van der Waals surface area contributed by atoms with Gasteiger partial charge in [-0.15, -0.1) is 22.7 Å². The van der Waals surface area contributed by atoms with E-state index in [1.165, 1.54) is 27.1 Å². The molecule has 10 heteroatoms. The molecule has 0 spiro atoms. The molecule has 1 fully saturated rings. The molecule has 0 saturated carbocycles. The van der Waals surface area contributed by atoms with Crippen LogP contribution in [0.5, 0.6) is 0 Å². The van der Waals surface area contributed by atoms with Crippen molar-refractivity contribution in [2.75, 3.05) is 40.3 Å². The third-order valence-corrected chi connectivity index (χ3v) is 11.7. The van der Waals surface area contributed by atoms with Gasteiger partial charge in [0, 0.05) is 46.3 Å². The van der Waals surface area contributed by atoms with Crippen LogP contribution in [0.25, 0.3) is 32.3 Å². The Labute approximate surface area is 272 Å². The Morgan fingerprint density at radius 3 is 2.09 bits per heavy atom. The van der Waals surface area contributed by atoms with E-state index >= 15 is 0 Å². The molecule has 1 saturated heterocycles. The van der Waals surface area contributed by atoms with E-state index in [-0.39, 0.29) is 17.9 Å². The maximum Gasteiger partial charge on any atom is 0.237 e. The molecule has 2 aromatic carbocycles. The van der Waals surface area contributed by atoms with Gasteiger partial charge in [0.05, 0.1) is 43.7 Å². The third-order valence-electron chi connectivity index (χ3n) is 9.41. The van der Waals surface area contributed by atoms with E-state index in [1.807, 2.05) is 28.8 Å². The number of thiazole rings is 2. The van der Waals surface area contributed by atoms with Gasteiger partial charge in [-0.2, -0.15) is 0 Å². The number of benzene rings is 2. The highest BCUT2D eigenvalue weighted by Gasteiger charge is 2.32. The summed E-state index contributed by atoms with van der Waals surface area (Å²) >= 11 is 3.42. The monoisotopic (exact) mass is 641 g/mol. The lowest BCUT2D eigenvalue weighted by Crippen LogP contribution is -2.37. The summed E-state index contributed by atoms with van der Waals surface area (Å²) < 4.78 is 0. The largest absolute Gasteiger partial charge is 0.392 e. The summed E-state index contributed by atoms with van der Waals surface area (Å²) in [5.74, 6) is 0.455. The van der Waals surface area contributed by atoms with Crippen molar-refractivity contribution in [2.45, 2.75) is 52.3 Å². The molecule has 3 aliphatic rings. The van der Waals surface area contributed by atoms with Crippen LogP contribution >= 0.6 is 22.7 Å². The number of rotatable bonds is 8. The Kier molecular flexibility index (Phi) is 8.20. The van der Waals surface area contributed by atoms with Gasteiger partial charge in [0.15, 0.2) is 5.78 Å². The van der Waals surface area contributed by atoms with E-state index in [9.17, 15) is 14.7 Å². The van der Waals surface area contributed by atoms with Crippen LogP contribution < -0.4 is 0 Å². The van der Waals surface area contributed by atoms with E-state index in [4.69, 9.17) is 9.97 Å². The van der Waals surface area contributed by atoms with Gasteiger partial charge in [-0.25, -0.2) is 9.97 Å². The van der Waals surface area contributed by atoms with E-state index in [0.717, 1.165) is 63.2 Å². The minimum absolute atomic E-state index is 0.0498. The lowest BCUT2D eigenvalue weighted by atomic mass is 9.91. The van der Waals surface area contributed by atoms with Crippen molar-refractivity contribution < 1.29 is 14.7 Å². The Balaban J connectivity index is 1.09. The predicted octanol–water partition coefficient (Wildman–Crippen LogP) is 4.97. The number of likely N-dealkylation sites (tertiary alicyclic amines) is 1. The van der Waals surface area contributed by atoms with Crippen molar-refractivity contribution in [3.8, 4) is 32.3 Å². The normalized spacial score (nSPS) is 19.5. The smallest absolute Gasteiger partial charge is 0.237 e. The fourth-order valence-electron chi connectivity index (χ4n) is 6.91. The van der Waals surface area contributed by atoms with Crippen molar-refractivity contribution in [3.63, 3.8) is 0 Å². The zero-order valence-electron chi connectivity index (χ0n) is 26.3. The lowest BCUT2D eigenvalue weighted by molar-refractivity contribution is -0.132. The number of aliphatic hydroxyl groups is 1. The highest BCUT2D eigenvalue weighted by molar-refractivity contribution is 7.15. The van der Waals surface area contributed by atoms with Crippen LogP contribution in [0.2, 0.25) is 0 Å². The first-order valence-electron chi connectivity index (χ1n) is 15.7. The number of aromatic nitrogens is 2. The van der Waals surface area contributed by atoms with E-state index in [2.05, 4.69) is 50.2 Å². The number of aliphatic hydroxyl groups excluding tert-OH is 1. The van der Waals surface area contributed by atoms with Crippen LogP contribution in [0.1, 0.15) is 38.7 Å². The average Bonchev–Trinajstić information content (AvgIpc) is 3.80. The Bertz CT molecular complexity index is 1750. The second-order valence-electron chi connectivity index (χ2n) is 13.0. The molecule has 7 rings (SSSR count). The van der Waals surface area contributed by atoms with Gasteiger partial charge in [0.25, 0.3) is 0 Å². The molecule has 1 unspecified atom stereocenters. The Hall–Kier alpha value is -3.28. The number of β-amino-alcohol motifs (C(OH)–C–C–N with tert-alkyl or cyclic N) is 1. The molecule has 0 bridgehead atoms. The van der Waals surface area contributed by atoms with Crippen LogP contribution in [0.4, 0.5) is 0 Å². The maximum absolute atomic E-state index is 12.9. The summed E-state index contributed by atoms with van der Waals surface area (Å²) in [5, 5.41) is 11.8. The fraction of sp³-hybridized carbons (Fsp3) is 0.429. The number of amides is 1. The molecule has 2 aromatic heterocycles. The molecule has 4 heterocycles. The van der Waals surface area contributed by atoms with E-state index in [1.54, 1.807) is 22.7 Å². The highest BCUT2D eigenvalue weighted by Crippen LogP contribution is 2.42. The summed E-state index contributed by atoms with van der Waals surface area (Å²) in [5.41, 5.74) is 9.12. The molecule has 234 valence electrons. The molecule has 2 atom stereocenters. The first-order chi connectivity index (χ1) is 21.6. The minimum atomic E-state index is -0.320. The van der Waals surface area contributed by atoms with Gasteiger partial charge in [0.2, 0.25) is 5.91 Å². The van der Waals surface area contributed by atoms with Gasteiger partial charge < -0.3 is 14.9 Å². The second-order valence-corrected chi connectivity index (χ2v) is 15.1. The summed E-state index contributed by atoms with van der Waals surface area (Å²) in [6.45, 7) is 7.69. The number of hydrogen-bond acceptors (Lipinski definition) is 9. The SMILES string of the molecule is Cc1c(-c2nc3c(s2)CC(C(=O)CN(C)C)C3)cccc1-c1cccc(-c2nc3c(s2)CN(C(=O)CN2CC[C@@H](O)C2)C3)c1C. The van der Waals surface area contributed by atoms with Crippen LogP contribution in [-0.2, 0) is 35.5 Å². The van der Waals surface area contributed by atoms with Gasteiger partial charge in [-0.1, -0.05) is 36.4 Å². The zero-order chi connectivity index (χ0) is 31.4. The number of ketones is 1. The summed E-state index contributed by atoms with van der Waals surface area (Å²) in [4.78, 5) is 43.9. The molecule has 2 aliphatic heterocycles. The number of carbonyl (C=O) groups is 2. The number of likely N-dealkylation sites (N-methyl/N-ethyl adjacent to an activating group) is 1.